The molecule has 72 valence electrons. The summed E-state index contributed by atoms with van der Waals surface area (Å²) in [4.78, 5) is 0. The van der Waals surface area contributed by atoms with Crippen molar-refractivity contribution in [3.05, 3.63) is 40.5 Å². The summed E-state index contributed by atoms with van der Waals surface area (Å²) in [5.41, 5.74) is 7.99. The van der Waals surface area contributed by atoms with Crippen molar-refractivity contribution in [2.45, 2.75) is 33.1 Å². The minimum Gasteiger partial charge on any atom is -0.0630 e. The lowest BCUT2D eigenvalue weighted by atomic mass is 9.82. The number of hydrogen-bond donors (Lipinski definition) is 0. The van der Waals surface area contributed by atoms with Crippen molar-refractivity contribution in [2.75, 3.05) is 0 Å². The average Bonchev–Trinajstić information content (AvgIpc) is 2.83. The number of allylic oxidation sites excluding steroid dienone is 2. The zero-order valence-corrected chi connectivity index (χ0v) is 8.93. The van der Waals surface area contributed by atoms with Crippen molar-refractivity contribution in [3.63, 3.8) is 0 Å². The molecule has 0 bridgehead atoms. The monoisotopic (exact) mass is 184 g/mol. The molecule has 0 radical (unpaired) electrons. The van der Waals surface area contributed by atoms with Crippen LogP contribution in [-0.2, 0) is 12.8 Å². The lowest BCUT2D eigenvalue weighted by Gasteiger charge is -2.22. The molecule has 3 rings (SSSR count). The van der Waals surface area contributed by atoms with Crippen LogP contribution in [0, 0.1) is 5.92 Å². The molecule has 0 aliphatic heterocycles. The number of fused-ring (bicyclic) bond motifs is 1. The molecule has 0 heteroatoms. The molecule has 1 aromatic rings. The smallest absolute Gasteiger partial charge is 0.0188 e. The molecule has 0 spiro atoms. The van der Waals surface area contributed by atoms with Crippen molar-refractivity contribution in [3.8, 4) is 0 Å². The number of aryl methyl sites for hydroxylation is 1. The first-order chi connectivity index (χ1) is 6.77. The van der Waals surface area contributed by atoms with E-state index in [1.807, 2.05) is 0 Å². The van der Waals surface area contributed by atoms with Crippen molar-refractivity contribution >= 4 is 5.57 Å². The Labute approximate surface area is 85.6 Å². The van der Waals surface area contributed by atoms with E-state index < -0.39 is 0 Å². The molecular formula is C14H16. The lowest BCUT2D eigenvalue weighted by Crippen LogP contribution is -2.10. The van der Waals surface area contributed by atoms with E-state index in [0.717, 1.165) is 5.92 Å². The van der Waals surface area contributed by atoms with Gasteiger partial charge in [0.15, 0.2) is 0 Å². The Morgan fingerprint density at radius 3 is 2.64 bits per heavy atom. The first-order valence-corrected chi connectivity index (χ1v) is 5.58. The van der Waals surface area contributed by atoms with E-state index >= 15 is 0 Å². The average molecular weight is 184 g/mol. The van der Waals surface area contributed by atoms with Gasteiger partial charge in [-0.25, -0.2) is 0 Å². The molecule has 0 N–H and O–H groups in total. The standard InChI is InChI=1S/C14H16/c1-9-8-14(9)10(2)12-5-3-4-11-6-7-13(11)12/h3-5,9H,6-8H2,1-2H3. The van der Waals surface area contributed by atoms with Gasteiger partial charge in [-0.3, -0.25) is 0 Å². The molecule has 14 heavy (non-hydrogen) atoms. The molecule has 0 amide bonds. The van der Waals surface area contributed by atoms with Gasteiger partial charge in [0.05, 0.1) is 0 Å². The van der Waals surface area contributed by atoms with E-state index in [9.17, 15) is 0 Å². The van der Waals surface area contributed by atoms with Crippen molar-refractivity contribution in [1.82, 2.24) is 0 Å². The van der Waals surface area contributed by atoms with E-state index in [1.54, 1.807) is 22.3 Å². The number of rotatable bonds is 1. The molecule has 2 aliphatic rings. The predicted octanol–water partition coefficient (Wildman–Crippen LogP) is 3.60. The molecule has 2 aliphatic carbocycles. The van der Waals surface area contributed by atoms with Gasteiger partial charge < -0.3 is 0 Å². The van der Waals surface area contributed by atoms with E-state index in [4.69, 9.17) is 0 Å². The minimum atomic E-state index is 0.853. The highest BCUT2D eigenvalue weighted by Crippen LogP contribution is 2.44. The first kappa shape index (κ1) is 8.28. The van der Waals surface area contributed by atoms with Crippen LogP contribution >= 0.6 is 0 Å². The summed E-state index contributed by atoms with van der Waals surface area (Å²) in [7, 11) is 0. The third-order valence-corrected chi connectivity index (χ3v) is 3.76. The normalized spacial score (nSPS) is 26.6. The van der Waals surface area contributed by atoms with E-state index in [1.165, 1.54) is 24.8 Å². The summed E-state index contributed by atoms with van der Waals surface area (Å²) in [6.07, 6.45) is 3.92. The molecule has 0 nitrogen and oxygen atoms in total. The topological polar surface area (TPSA) is 0 Å². The van der Waals surface area contributed by atoms with Crippen LogP contribution in [0.4, 0.5) is 0 Å². The molecule has 0 saturated heterocycles. The van der Waals surface area contributed by atoms with E-state index in [-0.39, 0.29) is 0 Å². The van der Waals surface area contributed by atoms with Crippen LogP contribution in [0.3, 0.4) is 0 Å². The lowest BCUT2D eigenvalue weighted by molar-refractivity contribution is 0.834. The second-order valence-electron chi connectivity index (χ2n) is 4.70. The molecular weight excluding hydrogens is 168 g/mol. The zero-order chi connectivity index (χ0) is 9.71. The maximum atomic E-state index is 2.33. The number of hydrogen-bond acceptors (Lipinski definition) is 0. The molecule has 1 saturated carbocycles. The number of benzene rings is 1. The largest absolute Gasteiger partial charge is 0.0630 e. The molecule has 1 unspecified atom stereocenters. The van der Waals surface area contributed by atoms with E-state index in [0.29, 0.717) is 0 Å². The fourth-order valence-electron chi connectivity index (χ4n) is 2.56. The third kappa shape index (κ3) is 1.06. The van der Waals surface area contributed by atoms with Gasteiger partial charge in [0.25, 0.3) is 0 Å². The predicted molar refractivity (Wildman–Crippen MR) is 60.2 cm³/mol. The Hall–Kier alpha value is -1.04. The van der Waals surface area contributed by atoms with Gasteiger partial charge in [-0.2, -0.15) is 0 Å². The van der Waals surface area contributed by atoms with Gasteiger partial charge in [0, 0.05) is 0 Å². The summed E-state index contributed by atoms with van der Waals surface area (Å²) in [6, 6.07) is 6.78. The Bertz CT molecular complexity index is 424. The van der Waals surface area contributed by atoms with E-state index in [2.05, 4.69) is 32.0 Å². The van der Waals surface area contributed by atoms with Crippen LogP contribution in [0.5, 0.6) is 0 Å². The second-order valence-corrected chi connectivity index (χ2v) is 4.70. The van der Waals surface area contributed by atoms with Crippen LogP contribution in [0.2, 0.25) is 0 Å². The molecule has 1 aromatic carbocycles. The summed E-state index contributed by atoms with van der Waals surface area (Å²) in [5, 5.41) is 0. The van der Waals surface area contributed by atoms with Crippen LogP contribution in [0.25, 0.3) is 5.57 Å². The molecule has 1 fully saturated rings. The van der Waals surface area contributed by atoms with Gasteiger partial charge in [-0.15, -0.1) is 0 Å². The van der Waals surface area contributed by atoms with Crippen molar-refractivity contribution in [2.24, 2.45) is 5.92 Å². The summed E-state index contributed by atoms with van der Waals surface area (Å²) in [5.74, 6) is 0.853. The van der Waals surface area contributed by atoms with Crippen molar-refractivity contribution in [1.29, 1.82) is 0 Å². The highest BCUT2D eigenvalue weighted by Gasteiger charge is 2.28. The van der Waals surface area contributed by atoms with Gasteiger partial charge in [0.2, 0.25) is 0 Å². The van der Waals surface area contributed by atoms with Crippen molar-refractivity contribution < 1.29 is 0 Å². The minimum absolute atomic E-state index is 0.853. The highest BCUT2D eigenvalue weighted by atomic mass is 14.3. The highest BCUT2D eigenvalue weighted by molar-refractivity contribution is 5.74. The van der Waals surface area contributed by atoms with Crippen LogP contribution in [0.1, 0.15) is 37.0 Å². The van der Waals surface area contributed by atoms with Crippen LogP contribution < -0.4 is 0 Å². The Morgan fingerprint density at radius 2 is 2.07 bits per heavy atom. The zero-order valence-electron chi connectivity index (χ0n) is 8.93. The second kappa shape index (κ2) is 2.73. The third-order valence-electron chi connectivity index (χ3n) is 3.76. The Kier molecular flexibility index (Phi) is 1.61. The first-order valence-electron chi connectivity index (χ1n) is 5.58. The summed E-state index contributed by atoms with van der Waals surface area (Å²) >= 11 is 0. The summed E-state index contributed by atoms with van der Waals surface area (Å²) < 4.78 is 0. The summed E-state index contributed by atoms with van der Waals surface area (Å²) in [6.45, 7) is 4.63. The van der Waals surface area contributed by atoms with Crippen LogP contribution in [-0.4, -0.2) is 0 Å². The Morgan fingerprint density at radius 1 is 1.29 bits per heavy atom. The maximum absolute atomic E-state index is 2.33. The van der Waals surface area contributed by atoms with Gasteiger partial charge in [-0.1, -0.05) is 30.7 Å². The molecule has 1 atom stereocenters. The van der Waals surface area contributed by atoms with Crippen LogP contribution in [0.15, 0.2) is 23.8 Å². The quantitative estimate of drug-likeness (QED) is 0.625. The van der Waals surface area contributed by atoms with Gasteiger partial charge in [0.1, 0.15) is 0 Å². The molecule has 0 heterocycles. The maximum Gasteiger partial charge on any atom is -0.0188 e. The van der Waals surface area contributed by atoms with Gasteiger partial charge in [-0.05, 0) is 54.4 Å². The SMILES string of the molecule is CC(=C1CC1C)c1cccc2c1CC2. The Balaban J connectivity index is 2.09. The molecule has 0 aromatic heterocycles. The fraction of sp³-hybridized carbons (Fsp3) is 0.429. The fourth-order valence-corrected chi connectivity index (χ4v) is 2.56. The van der Waals surface area contributed by atoms with Gasteiger partial charge >= 0.3 is 0 Å².